The van der Waals surface area contributed by atoms with Crippen molar-refractivity contribution in [3.8, 4) is 0 Å². The Morgan fingerprint density at radius 3 is 2.78 bits per heavy atom. The van der Waals surface area contributed by atoms with E-state index in [9.17, 15) is 4.79 Å². The monoisotopic (exact) mass is 319 g/mol. The van der Waals surface area contributed by atoms with Crippen molar-refractivity contribution in [1.29, 1.82) is 0 Å². The molecule has 0 atom stereocenters. The Hall–Kier alpha value is -1.89. The van der Waals surface area contributed by atoms with Crippen molar-refractivity contribution < 1.29 is 9.53 Å². The number of ether oxygens (including phenoxy) is 1. The number of rotatable bonds is 4. The van der Waals surface area contributed by atoms with E-state index in [1.54, 1.807) is 11.2 Å². The Bertz CT molecular complexity index is 539. The molecule has 0 bridgehead atoms. The van der Waals surface area contributed by atoms with Crippen LogP contribution in [0, 0.1) is 0 Å². The van der Waals surface area contributed by atoms with Crippen LogP contribution in [0.15, 0.2) is 12.4 Å². The van der Waals surface area contributed by atoms with Crippen molar-refractivity contribution >= 4 is 11.9 Å². The molecular formula is C16H25N5O2. The van der Waals surface area contributed by atoms with Crippen LogP contribution in [-0.2, 0) is 4.74 Å². The topological polar surface area (TPSA) is 93.4 Å². The third-order valence-electron chi connectivity index (χ3n) is 4.65. The van der Waals surface area contributed by atoms with Gasteiger partial charge in [-0.2, -0.15) is 0 Å². The van der Waals surface area contributed by atoms with Gasteiger partial charge in [-0.15, -0.1) is 0 Å². The van der Waals surface area contributed by atoms with Gasteiger partial charge in [-0.05, 0) is 32.6 Å². The summed E-state index contributed by atoms with van der Waals surface area (Å²) in [5.74, 6) is 1.34. The van der Waals surface area contributed by atoms with Crippen molar-refractivity contribution in [2.24, 2.45) is 5.73 Å². The van der Waals surface area contributed by atoms with Crippen LogP contribution in [0.3, 0.4) is 0 Å². The summed E-state index contributed by atoms with van der Waals surface area (Å²) in [5.41, 5.74) is 6.93. The second kappa shape index (κ2) is 7.12. The van der Waals surface area contributed by atoms with Crippen LogP contribution in [0.2, 0.25) is 0 Å². The number of likely N-dealkylation sites (tertiary alicyclic amines) is 1. The molecule has 1 aromatic heterocycles. The first-order chi connectivity index (χ1) is 11.2. The lowest BCUT2D eigenvalue weighted by atomic mass is 9.78. The Morgan fingerprint density at radius 1 is 1.39 bits per heavy atom. The van der Waals surface area contributed by atoms with Crippen LogP contribution in [0.5, 0.6) is 0 Å². The molecule has 126 valence electrons. The molecule has 7 heteroatoms. The third kappa shape index (κ3) is 3.90. The highest BCUT2D eigenvalue weighted by Gasteiger charge is 2.29. The molecule has 1 saturated carbocycles. The summed E-state index contributed by atoms with van der Waals surface area (Å²) in [5, 5.41) is 3.47. The van der Waals surface area contributed by atoms with E-state index in [-0.39, 0.29) is 6.09 Å². The molecule has 1 saturated heterocycles. The normalized spacial score (nSPS) is 24.9. The van der Waals surface area contributed by atoms with E-state index >= 15 is 0 Å². The van der Waals surface area contributed by atoms with Gasteiger partial charge in [0.1, 0.15) is 12.1 Å². The molecule has 2 fully saturated rings. The van der Waals surface area contributed by atoms with Crippen molar-refractivity contribution in [3.63, 3.8) is 0 Å². The average Bonchev–Trinajstić information content (AvgIpc) is 2.53. The van der Waals surface area contributed by atoms with Gasteiger partial charge in [0.05, 0.1) is 6.61 Å². The quantitative estimate of drug-likeness (QED) is 0.877. The fourth-order valence-electron chi connectivity index (χ4n) is 3.21. The average molecular weight is 319 g/mol. The molecule has 7 nitrogen and oxygen atoms in total. The zero-order valence-corrected chi connectivity index (χ0v) is 13.6. The van der Waals surface area contributed by atoms with Gasteiger partial charge in [0, 0.05) is 42.9 Å². The molecule has 1 aromatic rings. The summed E-state index contributed by atoms with van der Waals surface area (Å²) in [7, 11) is 0. The second-order valence-electron chi connectivity index (χ2n) is 6.36. The Kier molecular flexibility index (Phi) is 4.95. The number of amides is 1. The SMILES string of the molecule is CCOC(=O)N1CCC(Nc2cc(C3CC(N)C3)ncn2)CC1. The molecule has 2 aliphatic rings. The van der Waals surface area contributed by atoms with Gasteiger partial charge in [-0.1, -0.05) is 0 Å². The first kappa shape index (κ1) is 16.0. The minimum absolute atomic E-state index is 0.211. The highest BCUT2D eigenvalue weighted by Crippen LogP contribution is 2.35. The summed E-state index contributed by atoms with van der Waals surface area (Å²) in [6, 6.07) is 2.68. The van der Waals surface area contributed by atoms with Crippen molar-refractivity contribution in [1.82, 2.24) is 14.9 Å². The molecule has 3 rings (SSSR count). The van der Waals surface area contributed by atoms with Crippen LogP contribution < -0.4 is 11.1 Å². The molecular weight excluding hydrogens is 294 g/mol. The zero-order valence-electron chi connectivity index (χ0n) is 13.6. The number of hydrogen-bond donors (Lipinski definition) is 2. The maximum absolute atomic E-state index is 11.7. The minimum atomic E-state index is -0.211. The molecule has 2 heterocycles. The van der Waals surface area contributed by atoms with E-state index in [0.29, 0.717) is 37.7 Å². The van der Waals surface area contributed by atoms with Crippen molar-refractivity contribution in [2.75, 3.05) is 25.0 Å². The summed E-state index contributed by atoms with van der Waals surface area (Å²) >= 11 is 0. The number of carbonyl (C=O) groups is 1. The lowest BCUT2D eigenvalue weighted by molar-refractivity contribution is 0.0983. The molecule has 0 radical (unpaired) electrons. The molecule has 23 heavy (non-hydrogen) atoms. The summed E-state index contributed by atoms with van der Waals surface area (Å²) in [6.07, 6.45) is 5.22. The van der Waals surface area contributed by atoms with Crippen molar-refractivity contribution in [3.05, 3.63) is 18.1 Å². The van der Waals surface area contributed by atoms with E-state index in [4.69, 9.17) is 10.5 Å². The van der Waals surface area contributed by atoms with Crippen LogP contribution in [0.1, 0.15) is 44.2 Å². The number of anilines is 1. The molecule has 1 aliphatic heterocycles. The van der Waals surface area contributed by atoms with Gasteiger partial charge in [0.25, 0.3) is 0 Å². The summed E-state index contributed by atoms with van der Waals surface area (Å²) in [6.45, 7) is 3.68. The van der Waals surface area contributed by atoms with Crippen LogP contribution in [-0.4, -0.2) is 52.7 Å². The number of nitrogens with two attached hydrogens (primary N) is 1. The smallest absolute Gasteiger partial charge is 0.409 e. The Morgan fingerprint density at radius 2 is 2.13 bits per heavy atom. The van der Waals surface area contributed by atoms with E-state index in [1.165, 1.54) is 0 Å². The molecule has 1 aliphatic carbocycles. The Balaban J connectivity index is 1.51. The largest absolute Gasteiger partial charge is 0.450 e. The fourth-order valence-corrected chi connectivity index (χ4v) is 3.21. The van der Waals surface area contributed by atoms with Gasteiger partial charge < -0.3 is 20.7 Å². The van der Waals surface area contributed by atoms with Crippen LogP contribution in [0.25, 0.3) is 0 Å². The third-order valence-corrected chi connectivity index (χ3v) is 4.65. The number of aromatic nitrogens is 2. The molecule has 0 aromatic carbocycles. The summed E-state index contributed by atoms with van der Waals surface area (Å²) < 4.78 is 5.04. The Labute approximate surface area is 136 Å². The molecule has 0 unspecified atom stereocenters. The van der Waals surface area contributed by atoms with Gasteiger partial charge in [-0.3, -0.25) is 0 Å². The van der Waals surface area contributed by atoms with Crippen LogP contribution >= 0.6 is 0 Å². The first-order valence-electron chi connectivity index (χ1n) is 8.41. The molecule has 3 N–H and O–H groups in total. The molecule has 1 amide bonds. The predicted octanol–water partition coefficient (Wildman–Crippen LogP) is 1.71. The van der Waals surface area contributed by atoms with Crippen molar-refractivity contribution in [2.45, 2.75) is 50.6 Å². The maximum Gasteiger partial charge on any atom is 0.409 e. The molecule has 0 spiro atoms. The van der Waals surface area contributed by atoms with E-state index in [2.05, 4.69) is 15.3 Å². The zero-order chi connectivity index (χ0) is 16.2. The predicted molar refractivity (Wildman–Crippen MR) is 87.2 cm³/mol. The number of carbonyl (C=O) groups excluding carboxylic acids is 1. The van der Waals surface area contributed by atoms with E-state index in [0.717, 1.165) is 37.2 Å². The standard InChI is InChI=1S/C16H25N5O2/c1-2-23-16(22)21-5-3-13(4-6-21)20-15-9-14(18-10-19-15)11-7-12(17)8-11/h9-13H,2-8,17H2,1H3,(H,18,19,20). The lowest BCUT2D eigenvalue weighted by Gasteiger charge is -2.33. The number of nitrogens with zero attached hydrogens (tertiary/aromatic N) is 3. The van der Waals surface area contributed by atoms with E-state index in [1.807, 2.05) is 13.0 Å². The fraction of sp³-hybridized carbons (Fsp3) is 0.688. The second-order valence-corrected chi connectivity index (χ2v) is 6.36. The number of nitrogens with one attached hydrogen (secondary N) is 1. The van der Waals surface area contributed by atoms with E-state index < -0.39 is 0 Å². The number of hydrogen-bond acceptors (Lipinski definition) is 6. The van der Waals surface area contributed by atoms with Gasteiger partial charge in [0.15, 0.2) is 0 Å². The number of piperidine rings is 1. The van der Waals surface area contributed by atoms with Gasteiger partial charge in [-0.25, -0.2) is 14.8 Å². The highest BCUT2D eigenvalue weighted by atomic mass is 16.6. The van der Waals surface area contributed by atoms with Gasteiger partial charge >= 0.3 is 6.09 Å². The highest BCUT2D eigenvalue weighted by molar-refractivity contribution is 5.67. The minimum Gasteiger partial charge on any atom is -0.450 e. The van der Waals surface area contributed by atoms with Gasteiger partial charge in [0.2, 0.25) is 0 Å². The lowest BCUT2D eigenvalue weighted by Crippen LogP contribution is -2.42. The summed E-state index contributed by atoms with van der Waals surface area (Å²) in [4.78, 5) is 22.2. The van der Waals surface area contributed by atoms with Crippen LogP contribution in [0.4, 0.5) is 10.6 Å². The first-order valence-corrected chi connectivity index (χ1v) is 8.41. The maximum atomic E-state index is 11.7.